The molecule has 0 spiro atoms. The van der Waals surface area contributed by atoms with E-state index in [0.717, 1.165) is 15.4 Å². The summed E-state index contributed by atoms with van der Waals surface area (Å²) in [7, 11) is 0. The molecular weight excluding hydrogens is 414 g/mol. The first-order valence-electron chi connectivity index (χ1n) is 6.94. The van der Waals surface area contributed by atoms with Crippen LogP contribution < -0.4 is 10.2 Å². The topological polar surface area (TPSA) is 92.6 Å². The van der Waals surface area contributed by atoms with Crippen LogP contribution in [-0.4, -0.2) is 16.7 Å². The van der Waals surface area contributed by atoms with Gasteiger partial charge in [0.2, 0.25) is 0 Å². The lowest BCUT2D eigenvalue weighted by molar-refractivity contribution is -0.384. The fourth-order valence-corrected chi connectivity index (χ4v) is 2.75. The van der Waals surface area contributed by atoms with E-state index in [2.05, 4.69) is 21.2 Å². The molecule has 1 heterocycles. The first kappa shape index (κ1) is 17.1. The first-order valence-corrected chi connectivity index (χ1v) is 8.11. The van der Waals surface area contributed by atoms with Gasteiger partial charge in [0.1, 0.15) is 10.7 Å². The molecular formula is C16H9BrClN3O4. The third kappa shape index (κ3) is 3.26. The lowest BCUT2D eigenvalue weighted by atomic mass is 10.2. The summed E-state index contributed by atoms with van der Waals surface area (Å²) in [6, 6.07) is 12.2. The molecule has 2 aromatic rings. The molecule has 7 nitrogen and oxygen atoms in total. The maximum atomic E-state index is 12.6. The second kappa shape index (κ2) is 6.66. The smallest absolute Gasteiger partial charge is 0.283 e. The minimum absolute atomic E-state index is 0.0787. The zero-order valence-corrected chi connectivity index (χ0v) is 14.7. The van der Waals surface area contributed by atoms with Gasteiger partial charge in [0.25, 0.3) is 17.5 Å². The van der Waals surface area contributed by atoms with Crippen LogP contribution in [0.25, 0.3) is 0 Å². The molecule has 0 atom stereocenters. The summed E-state index contributed by atoms with van der Waals surface area (Å²) in [6.07, 6.45) is 0. The van der Waals surface area contributed by atoms with Crippen molar-refractivity contribution in [1.82, 2.24) is 0 Å². The molecule has 0 bridgehead atoms. The first-order chi connectivity index (χ1) is 11.9. The average Bonchev–Trinajstić information content (AvgIpc) is 2.80. The van der Waals surface area contributed by atoms with E-state index in [1.807, 2.05) is 0 Å². The number of benzene rings is 2. The van der Waals surface area contributed by atoms with Crippen LogP contribution in [0.5, 0.6) is 0 Å². The van der Waals surface area contributed by atoms with E-state index < -0.39 is 16.7 Å². The third-order valence-corrected chi connectivity index (χ3v) is 4.32. The summed E-state index contributed by atoms with van der Waals surface area (Å²) < 4.78 is 0.852. The van der Waals surface area contributed by atoms with Crippen LogP contribution in [0.1, 0.15) is 0 Å². The number of halogens is 2. The molecule has 0 aromatic heterocycles. The van der Waals surface area contributed by atoms with Gasteiger partial charge in [-0.2, -0.15) is 0 Å². The second-order valence-corrected chi connectivity index (χ2v) is 6.34. The Morgan fingerprint density at radius 2 is 1.76 bits per heavy atom. The van der Waals surface area contributed by atoms with E-state index in [4.69, 9.17) is 11.6 Å². The normalized spacial score (nSPS) is 14.2. The molecule has 0 unspecified atom stereocenters. The van der Waals surface area contributed by atoms with Crippen LogP contribution in [-0.2, 0) is 9.59 Å². The Hall–Kier alpha value is -2.71. The molecule has 126 valence electrons. The van der Waals surface area contributed by atoms with Crippen molar-refractivity contribution >= 4 is 56.4 Å². The molecule has 1 aliphatic heterocycles. The highest BCUT2D eigenvalue weighted by molar-refractivity contribution is 9.10. The summed E-state index contributed by atoms with van der Waals surface area (Å²) >= 11 is 9.31. The van der Waals surface area contributed by atoms with Gasteiger partial charge >= 0.3 is 0 Å². The summed E-state index contributed by atoms with van der Waals surface area (Å²) in [5.74, 6) is -1.43. The van der Waals surface area contributed by atoms with Crippen molar-refractivity contribution in [3.8, 4) is 0 Å². The van der Waals surface area contributed by atoms with E-state index in [9.17, 15) is 19.7 Å². The molecule has 9 heteroatoms. The lowest BCUT2D eigenvalue weighted by Gasteiger charge is -2.14. The Balaban J connectivity index is 1.92. The van der Waals surface area contributed by atoms with Crippen LogP contribution in [0.3, 0.4) is 0 Å². The average molecular weight is 423 g/mol. The molecule has 3 rings (SSSR count). The number of anilines is 2. The van der Waals surface area contributed by atoms with E-state index in [-0.39, 0.29) is 22.1 Å². The predicted octanol–water partition coefficient (Wildman–Crippen LogP) is 3.79. The van der Waals surface area contributed by atoms with Gasteiger partial charge in [0, 0.05) is 22.3 Å². The maximum Gasteiger partial charge on any atom is 0.283 e. The van der Waals surface area contributed by atoms with Crippen molar-refractivity contribution in [2.75, 3.05) is 10.2 Å². The van der Waals surface area contributed by atoms with Crippen LogP contribution >= 0.6 is 27.5 Å². The van der Waals surface area contributed by atoms with E-state index >= 15 is 0 Å². The second-order valence-electron chi connectivity index (χ2n) is 5.04. The van der Waals surface area contributed by atoms with Crippen LogP contribution in [0.4, 0.5) is 17.1 Å². The third-order valence-electron chi connectivity index (χ3n) is 3.44. The van der Waals surface area contributed by atoms with E-state index in [1.165, 1.54) is 18.2 Å². The predicted molar refractivity (Wildman–Crippen MR) is 96.2 cm³/mol. The molecule has 0 aliphatic carbocycles. The van der Waals surface area contributed by atoms with Gasteiger partial charge in [-0.3, -0.25) is 19.7 Å². The monoisotopic (exact) mass is 421 g/mol. The van der Waals surface area contributed by atoms with Crippen molar-refractivity contribution in [1.29, 1.82) is 0 Å². The number of nitro benzene ring substituents is 1. The number of hydrogen-bond acceptors (Lipinski definition) is 5. The Bertz CT molecular complexity index is 927. The zero-order valence-electron chi connectivity index (χ0n) is 12.4. The van der Waals surface area contributed by atoms with Crippen molar-refractivity contribution < 1.29 is 14.5 Å². The highest BCUT2D eigenvalue weighted by Crippen LogP contribution is 2.31. The Kier molecular flexibility index (Phi) is 4.56. The lowest BCUT2D eigenvalue weighted by Crippen LogP contribution is -2.32. The molecule has 0 saturated heterocycles. The minimum Gasteiger partial charge on any atom is -0.350 e. The van der Waals surface area contributed by atoms with Crippen LogP contribution in [0.15, 0.2) is 63.7 Å². The molecule has 0 fully saturated rings. The molecule has 2 aromatic carbocycles. The molecule has 25 heavy (non-hydrogen) atoms. The fraction of sp³-hybridized carbons (Fsp3) is 0. The number of carbonyl (C=O) groups excluding carboxylic acids is 2. The fourth-order valence-electron chi connectivity index (χ4n) is 2.27. The van der Waals surface area contributed by atoms with E-state index in [1.54, 1.807) is 24.3 Å². The molecule has 2 amide bonds. The van der Waals surface area contributed by atoms with Gasteiger partial charge in [-0.15, -0.1) is 0 Å². The largest absolute Gasteiger partial charge is 0.350 e. The van der Waals surface area contributed by atoms with Crippen molar-refractivity contribution in [3.63, 3.8) is 0 Å². The summed E-state index contributed by atoms with van der Waals surface area (Å²) in [6.45, 7) is 0. The van der Waals surface area contributed by atoms with Crippen molar-refractivity contribution in [3.05, 3.63) is 73.8 Å². The number of non-ortho nitro benzene ring substituents is 1. The standard InChI is InChI=1S/C16H9BrClN3O4/c17-9-4-6-10(7-5-9)19-14-13(18)15(22)20(16(14)23)11-2-1-3-12(8-11)21(24)25/h1-8,19H. The van der Waals surface area contributed by atoms with Crippen molar-refractivity contribution in [2.24, 2.45) is 0 Å². The van der Waals surface area contributed by atoms with Gasteiger partial charge in [-0.1, -0.05) is 33.6 Å². The number of nitrogens with zero attached hydrogens (tertiary/aromatic N) is 2. The summed E-state index contributed by atoms with van der Waals surface area (Å²) in [5, 5.41) is 13.4. The van der Waals surface area contributed by atoms with Crippen LogP contribution in [0.2, 0.25) is 0 Å². The summed E-state index contributed by atoms with van der Waals surface area (Å²) in [5.41, 5.74) is 0.331. The van der Waals surface area contributed by atoms with E-state index in [0.29, 0.717) is 5.69 Å². The minimum atomic E-state index is -0.744. The maximum absolute atomic E-state index is 12.6. The molecule has 1 aliphatic rings. The van der Waals surface area contributed by atoms with Crippen LogP contribution in [0, 0.1) is 10.1 Å². The number of amides is 2. The Morgan fingerprint density at radius 3 is 2.40 bits per heavy atom. The highest BCUT2D eigenvalue weighted by Gasteiger charge is 2.39. The van der Waals surface area contributed by atoms with Gasteiger partial charge in [0.15, 0.2) is 0 Å². The van der Waals surface area contributed by atoms with Gasteiger partial charge < -0.3 is 5.32 Å². The highest BCUT2D eigenvalue weighted by atomic mass is 79.9. The van der Waals surface area contributed by atoms with Gasteiger partial charge in [-0.25, -0.2) is 4.90 Å². The molecule has 0 radical (unpaired) electrons. The number of nitrogens with one attached hydrogen (secondary N) is 1. The SMILES string of the molecule is O=C1C(Cl)=C(Nc2ccc(Br)cc2)C(=O)N1c1cccc([N+](=O)[O-])c1. The molecule has 1 N–H and O–H groups in total. The van der Waals surface area contributed by atoms with Gasteiger partial charge in [0.05, 0.1) is 10.6 Å². The zero-order chi connectivity index (χ0) is 18.1. The van der Waals surface area contributed by atoms with Crippen molar-refractivity contribution in [2.45, 2.75) is 0 Å². The number of carbonyl (C=O) groups is 2. The number of hydrogen-bond donors (Lipinski definition) is 1. The number of imide groups is 1. The summed E-state index contributed by atoms with van der Waals surface area (Å²) in [4.78, 5) is 36.0. The number of rotatable bonds is 4. The molecule has 0 saturated carbocycles. The number of nitro groups is 1. The van der Waals surface area contributed by atoms with Gasteiger partial charge in [-0.05, 0) is 30.3 Å². The Morgan fingerprint density at radius 1 is 1.08 bits per heavy atom. The Labute approximate surface area is 155 Å². The quantitative estimate of drug-likeness (QED) is 0.460.